The first-order valence-corrected chi connectivity index (χ1v) is 34.5. The summed E-state index contributed by atoms with van der Waals surface area (Å²) in [6.45, 7) is 3.53. The molecule has 0 heterocycles. The smallest absolute Gasteiger partial charge is 0.462 e. The van der Waals surface area contributed by atoms with Gasteiger partial charge in [-0.3, -0.25) is 18.6 Å². The van der Waals surface area contributed by atoms with Crippen LogP contribution in [-0.2, 0) is 32.7 Å². The van der Waals surface area contributed by atoms with Gasteiger partial charge in [0.05, 0.1) is 13.2 Å². The lowest BCUT2D eigenvalue weighted by molar-refractivity contribution is -0.161. The fraction of sp³-hybridized carbons (Fsp3) is 0.690. The molecule has 0 aliphatic carbocycles. The first-order valence-electron chi connectivity index (χ1n) is 33.0. The Labute approximate surface area is 498 Å². The number of phosphoric ester groups is 1. The summed E-state index contributed by atoms with van der Waals surface area (Å²) in [6.07, 6.45) is 91.3. The van der Waals surface area contributed by atoms with Crippen molar-refractivity contribution < 1.29 is 37.6 Å². The van der Waals surface area contributed by atoms with E-state index >= 15 is 0 Å². The maximum atomic E-state index is 12.8. The number of hydrogen-bond acceptors (Lipinski definition) is 8. The largest absolute Gasteiger partial charge is 0.472 e. The number of hydrogen-bond donors (Lipinski definition) is 2. The number of carbonyl (C=O) groups excluding carboxylic acids is 2. The number of carbonyl (C=O) groups is 2. The van der Waals surface area contributed by atoms with Crippen LogP contribution in [0.3, 0.4) is 0 Å². The average Bonchev–Trinajstić information content (AvgIpc) is 3.46. The van der Waals surface area contributed by atoms with Gasteiger partial charge < -0.3 is 20.1 Å². The second-order valence-corrected chi connectivity index (χ2v) is 23.0. The van der Waals surface area contributed by atoms with E-state index in [9.17, 15) is 19.0 Å². The van der Waals surface area contributed by atoms with Crippen molar-refractivity contribution in [2.24, 2.45) is 5.73 Å². The predicted molar refractivity (Wildman–Crippen MR) is 348 cm³/mol. The molecule has 9 nitrogen and oxygen atoms in total. The quantitative estimate of drug-likeness (QED) is 0.0264. The number of nitrogens with two attached hydrogens (primary N) is 1. The fourth-order valence-electron chi connectivity index (χ4n) is 9.04. The summed E-state index contributed by atoms with van der Waals surface area (Å²) >= 11 is 0. The second-order valence-electron chi connectivity index (χ2n) is 21.6. The standard InChI is InChI=1S/C71H122NO8P/c1-3-5-7-9-11-13-15-17-19-21-23-25-27-29-30-31-32-33-34-35-36-37-38-40-42-44-46-48-50-52-54-56-58-60-62-64-71(74)80-69(68-79-81(75,76)78-66-65-72)67-77-70(73)63-61-59-57-55-53-51-49-47-45-43-41-39-28-26-24-22-20-18-16-14-12-10-8-6-4-2/h5-8,11-14,17-20,23-26,29-30,32-33,69H,3-4,9-10,15-16,21-22,27-28,31,34-68,72H2,1-2H3,(H,75,76)/b7-5-,8-6-,13-11-,14-12-,19-17-,20-18-,25-23-,26-24-,30-29-,33-32-. The van der Waals surface area contributed by atoms with Gasteiger partial charge in [-0.2, -0.15) is 0 Å². The summed E-state index contributed by atoms with van der Waals surface area (Å²) in [5.41, 5.74) is 5.40. The van der Waals surface area contributed by atoms with E-state index in [0.29, 0.717) is 6.42 Å². The van der Waals surface area contributed by atoms with Gasteiger partial charge in [0.25, 0.3) is 0 Å². The molecule has 2 unspecified atom stereocenters. The lowest BCUT2D eigenvalue weighted by Crippen LogP contribution is -2.29. The van der Waals surface area contributed by atoms with Crippen LogP contribution in [0, 0.1) is 0 Å². The maximum absolute atomic E-state index is 12.8. The number of allylic oxidation sites excluding steroid dienone is 20. The molecular formula is C71H122NO8P. The average molecular weight is 1150 g/mol. The van der Waals surface area contributed by atoms with E-state index in [1.807, 2.05) is 0 Å². The highest BCUT2D eigenvalue weighted by Gasteiger charge is 2.26. The monoisotopic (exact) mass is 1150 g/mol. The number of unbranched alkanes of at least 4 members (excludes halogenated alkanes) is 28. The lowest BCUT2D eigenvalue weighted by Gasteiger charge is -2.19. The first-order chi connectivity index (χ1) is 39.8. The fourth-order valence-corrected chi connectivity index (χ4v) is 9.81. The van der Waals surface area contributed by atoms with Crippen molar-refractivity contribution in [3.8, 4) is 0 Å². The van der Waals surface area contributed by atoms with Crippen LogP contribution in [0.2, 0.25) is 0 Å². The van der Waals surface area contributed by atoms with Gasteiger partial charge >= 0.3 is 19.8 Å². The minimum atomic E-state index is -4.40. The molecule has 0 rings (SSSR count). The summed E-state index contributed by atoms with van der Waals surface area (Å²) in [6, 6.07) is 0. The van der Waals surface area contributed by atoms with Crippen molar-refractivity contribution in [2.75, 3.05) is 26.4 Å². The molecule has 0 amide bonds. The number of ether oxygens (including phenoxy) is 2. The summed E-state index contributed by atoms with van der Waals surface area (Å²) in [7, 11) is -4.40. The number of phosphoric acid groups is 1. The van der Waals surface area contributed by atoms with Crippen LogP contribution in [0.15, 0.2) is 122 Å². The highest BCUT2D eigenvalue weighted by molar-refractivity contribution is 7.47. The van der Waals surface area contributed by atoms with Crippen LogP contribution in [0.5, 0.6) is 0 Å². The first kappa shape index (κ1) is 77.4. The zero-order valence-corrected chi connectivity index (χ0v) is 52.9. The van der Waals surface area contributed by atoms with Gasteiger partial charge in [0.1, 0.15) is 6.61 Å². The van der Waals surface area contributed by atoms with Crippen molar-refractivity contribution in [3.05, 3.63) is 122 Å². The van der Waals surface area contributed by atoms with Crippen LogP contribution < -0.4 is 5.73 Å². The van der Waals surface area contributed by atoms with Crippen LogP contribution in [0.25, 0.3) is 0 Å². The molecule has 0 aliphatic rings. The van der Waals surface area contributed by atoms with E-state index in [2.05, 4.69) is 135 Å². The molecular weight excluding hydrogens is 1030 g/mol. The van der Waals surface area contributed by atoms with Gasteiger partial charge in [-0.1, -0.05) is 289 Å². The molecule has 0 aromatic heterocycles. The number of esters is 2. The molecule has 0 saturated carbocycles. The van der Waals surface area contributed by atoms with Crippen molar-refractivity contribution in [2.45, 2.75) is 290 Å². The molecule has 10 heteroatoms. The van der Waals surface area contributed by atoms with Gasteiger partial charge in [0.2, 0.25) is 0 Å². The van der Waals surface area contributed by atoms with Gasteiger partial charge in [0, 0.05) is 19.4 Å². The third-order valence-corrected chi connectivity index (χ3v) is 14.8. The topological polar surface area (TPSA) is 134 Å². The maximum Gasteiger partial charge on any atom is 0.472 e. The Bertz CT molecular complexity index is 1740. The summed E-state index contributed by atoms with van der Waals surface area (Å²) in [5.74, 6) is -0.827. The van der Waals surface area contributed by atoms with Gasteiger partial charge in [-0.25, -0.2) is 4.57 Å². The lowest BCUT2D eigenvalue weighted by atomic mass is 10.0. The van der Waals surface area contributed by atoms with Gasteiger partial charge in [-0.15, -0.1) is 0 Å². The Hall–Kier alpha value is -3.59. The molecule has 0 aliphatic heterocycles. The second kappa shape index (κ2) is 65.6. The molecule has 81 heavy (non-hydrogen) atoms. The normalized spacial score (nSPS) is 13.8. The van der Waals surface area contributed by atoms with E-state index in [4.69, 9.17) is 24.3 Å². The zero-order valence-electron chi connectivity index (χ0n) is 52.0. The summed E-state index contributed by atoms with van der Waals surface area (Å²) in [4.78, 5) is 35.3. The van der Waals surface area contributed by atoms with Gasteiger partial charge in [0.15, 0.2) is 6.10 Å². The Kier molecular flexibility index (Phi) is 62.7. The van der Waals surface area contributed by atoms with Crippen molar-refractivity contribution >= 4 is 19.8 Å². The molecule has 0 aromatic rings. The SMILES string of the molecule is CC/C=C\C/C=C\C/C=C\C/C=C\C/C=C\C/C=C\CCCCCCCCCCCCCCCCCCC(=O)OC(COC(=O)CCCCCCCCCCCCCC/C=C\C/C=C\C/C=C\C/C=C\CC)COP(=O)(O)OCCN. The van der Waals surface area contributed by atoms with Crippen molar-refractivity contribution in [1.29, 1.82) is 0 Å². The highest BCUT2D eigenvalue weighted by Crippen LogP contribution is 2.43. The molecule has 0 aromatic carbocycles. The van der Waals surface area contributed by atoms with E-state index in [0.717, 1.165) is 103 Å². The molecule has 0 saturated heterocycles. The van der Waals surface area contributed by atoms with E-state index in [-0.39, 0.29) is 38.6 Å². The van der Waals surface area contributed by atoms with Crippen molar-refractivity contribution in [1.82, 2.24) is 0 Å². The molecule has 0 fully saturated rings. The third kappa shape index (κ3) is 65.4. The Morgan fingerprint density at radius 1 is 0.370 bits per heavy atom. The van der Waals surface area contributed by atoms with E-state index in [1.165, 1.54) is 148 Å². The molecule has 0 bridgehead atoms. The molecule has 3 N–H and O–H groups in total. The summed E-state index contributed by atoms with van der Waals surface area (Å²) in [5, 5.41) is 0. The molecule has 0 radical (unpaired) electrons. The number of rotatable bonds is 61. The molecule has 464 valence electrons. The third-order valence-electron chi connectivity index (χ3n) is 13.8. The highest BCUT2D eigenvalue weighted by atomic mass is 31.2. The van der Waals surface area contributed by atoms with Crippen LogP contribution in [0.1, 0.15) is 284 Å². The van der Waals surface area contributed by atoms with Crippen molar-refractivity contribution in [3.63, 3.8) is 0 Å². The van der Waals surface area contributed by atoms with Crippen LogP contribution >= 0.6 is 7.82 Å². The Morgan fingerprint density at radius 2 is 0.642 bits per heavy atom. The zero-order chi connectivity index (χ0) is 58.7. The minimum absolute atomic E-state index is 0.0493. The van der Waals surface area contributed by atoms with E-state index in [1.54, 1.807) is 0 Å². The van der Waals surface area contributed by atoms with Crippen LogP contribution in [0.4, 0.5) is 0 Å². The van der Waals surface area contributed by atoms with E-state index < -0.39 is 26.5 Å². The van der Waals surface area contributed by atoms with Crippen LogP contribution in [-0.4, -0.2) is 49.3 Å². The predicted octanol–water partition coefficient (Wildman–Crippen LogP) is 21.5. The minimum Gasteiger partial charge on any atom is -0.462 e. The summed E-state index contributed by atoms with van der Waals surface area (Å²) < 4.78 is 33.1. The molecule has 2 atom stereocenters. The Balaban J connectivity index is 3.91. The van der Waals surface area contributed by atoms with Gasteiger partial charge in [-0.05, 0) is 103 Å². The molecule has 0 spiro atoms. The Morgan fingerprint density at radius 3 is 0.951 bits per heavy atom.